The number of benzene rings is 1. The van der Waals surface area contributed by atoms with Crippen molar-refractivity contribution >= 4 is 23.4 Å². The van der Waals surface area contributed by atoms with E-state index in [-0.39, 0.29) is 18.0 Å². The van der Waals surface area contributed by atoms with E-state index in [1.165, 1.54) is 11.8 Å². The molecule has 0 unspecified atom stereocenters. The first-order valence-electron chi connectivity index (χ1n) is 7.89. The second-order valence-corrected chi connectivity index (χ2v) is 6.83. The van der Waals surface area contributed by atoms with E-state index in [1.807, 2.05) is 12.1 Å². The molecule has 0 aliphatic carbocycles. The highest BCUT2D eigenvalue weighted by Gasteiger charge is 2.19. The van der Waals surface area contributed by atoms with Crippen molar-refractivity contribution in [2.24, 2.45) is 0 Å². The van der Waals surface area contributed by atoms with Gasteiger partial charge in [-0.05, 0) is 31.2 Å². The fraction of sp³-hybridized carbons (Fsp3) is 0.176. The minimum Gasteiger partial charge on any atom is -0.454 e. The van der Waals surface area contributed by atoms with Gasteiger partial charge in [0.05, 0.1) is 5.25 Å². The first-order valence-corrected chi connectivity index (χ1v) is 8.77. The second-order valence-electron chi connectivity index (χ2n) is 5.52. The monoisotopic (exact) mass is 369 g/mol. The zero-order chi connectivity index (χ0) is 17.9. The molecule has 0 spiro atoms. The molecule has 1 aromatic carbocycles. The van der Waals surface area contributed by atoms with Crippen molar-refractivity contribution in [2.45, 2.75) is 17.3 Å². The average molecular weight is 369 g/mol. The van der Waals surface area contributed by atoms with E-state index in [2.05, 4.69) is 25.5 Å². The van der Waals surface area contributed by atoms with Gasteiger partial charge in [0.2, 0.25) is 17.9 Å². The number of rotatable bonds is 5. The molecule has 3 aromatic rings. The van der Waals surface area contributed by atoms with E-state index in [4.69, 9.17) is 9.47 Å². The molecule has 9 heteroatoms. The number of carbonyl (C=O) groups is 1. The Balaban J connectivity index is 1.39. The molecule has 2 N–H and O–H groups in total. The molecule has 8 nitrogen and oxygen atoms in total. The Morgan fingerprint density at radius 3 is 2.88 bits per heavy atom. The van der Waals surface area contributed by atoms with Gasteiger partial charge in [-0.15, -0.1) is 5.10 Å². The lowest BCUT2D eigenvalue weighted by Gasteiger charge is -2.10. The number of pyridine rings is 1. The number of amides is 1. The van der Waals surface area contributed by atoms with Gasteiger partial charge < -0.3 is 14.8 Å². The van der Waals surface area contributed by atoms with E-state index in [9.17, 15) is 4.79 Å². The molecule has 1 amide bonds. The molecule has 4 rings (SSSR count). The Morgan fingerprint density at radius 2 is 2.04 bits per heavy atom. The van der Waals surface area contributed by atoms with Crippen molar-refractivity contribution in [2.75, 3.05) is 12.1 Å². The molecule has 26 heavy (non-hydrogen) atoms. The number of ether oxygens (including phenoxy) is 2. The van der Waals surface area contributed by atoms with Gasteiger partial charge in [-0.3, -0.25) is 14.9 Å². The fourth-order valence-corrected chi connectivity index (χ4v) is 3.09. The van der Waals surface area contributed by atoms with Crippen molar-refractivity contribution in [3.8, 4) is 22.9 Å². The van der Waals surface area contributed by atoms with Gasteiger partial charge >= 0.3 is 0 Å². The number of aromatic amines is 1. The van der Waals surface area contributed by atoms with Gasteiger partial charge in [-0.1, -0.05) is 11.8 Å². The molecule has 0 saturated heterocycles. The summed E-state index contributed by atoms with van der Waals surface area (Å²) in [5, 5.41) is 10.0. The summed E-state index contributed by atoms with van der Waals surface area (Å²) in [7, 11) is 0. The van der Waals surface area contributed by atoms with Crippen molar-refractivity contribution < 1.29 is 14.3 Å². The molecule has 1 atom stereocenters. The van der Waals surface area contributed by atoms with Crippen LogP contribution in [0, 0.1) is 0 Å². The van der Waals surface area contributed by atoms with Gasteiger partial charge in [-0.25, -0.2) is 4.98 Å². The SMILES string of the molecule is C[C@@H](Sc1n[nH]c(-c2ccncc2)n1)C(=O)Nc1ccc2c(c1)OCO2. The van der Waals surface area contributed by atoms with E-state index >= 15 is 0 Å². The summed E-state index contributed by atoms with van der Waals surface area (Å²) in [6, 6.07) is 8.96. The number of hydrogen-bond donors (Lipinski definition) is 2. The number of nitrogens with zero attached hydrogens (tertiary/aromatic N) is 3. The summed E-state index contributed by atoms with van der Waals surface area (Å²) in [6.45, 7) is 2.00. The Morgan fingerprint density at radius 1 is 1.23 bits per heavy atom. The van der Waals surface area contributed by atoms with E-state index in [1.54, 1.807) is 37.5 Å². The maximum absolute atomic E-state index is 12.4. The molecule has 0 saturated carbocycles. The highest BCUT2D eigenvalue weighted by atomic mass is 32.2. The maximum atomic E-state index is 12.4. The smallest absolute Gasteiger partial charge is 0.237 e. The predicted octanol–water partition coefficient (Wildman–Crippen LogP) is 2.71. The van der Waals surface area contributed by atoms with Gasteiger partial charge in [0.1, 0.15) is 0 Å². The van der Waals surface area contributed by atoms with Crippen LogP contribution in [-0.2, 0) is 4.79 Å². The van der Waals surface area contributed by atoms with Crippen LogP contribution >= 0.6 is 11.8 Å². The van der Waals surface area contributed by atoms with Crippen LogP contribution in [0.25, 0.3) is 11.4 Å². The molecular weight excluding hydrogens is 354 g/mol. The van der Waals surface area contributed by atoms with Crippen molar-refractivity contribution in [3.05, 3.63) is 42.7 Å². The van der Waals surface area contributed by atoms with Crippen LogP contribution in [0.4, 0.5) is 5.69 Å². The topological polar surface area (TPSA) is 102 Å². The number of fused-ring (bicyclic) bond motifs is 1. The first-order chi connectivity index (χ1) is 12.7. The predicted molar refractivity (Wildman–Crippen MR) is 96.1 cm³/mol. The number of thioether (sulfide) groups is 1. The largest absolute Gasteiger partial charge is 0.454 e. The highest BCUT2D eigenvalue weighted by molar-refractivity contribution is 8.00. The van der Waals surface area contributed by atoms with Crippen LogP contribution in [0.3, 0.4) is 0 Å². The number of carbonyl (C=O) groups excluding carboxylic acids is 1. The Labute approximate surface area is 153 Å². The summed E-state index contributed by atoms with van der Waals surface area (Å²) in [4.78, 5) is 20.8. The van der Waals surface area contributed by atoms with Gasteiger partial charge in [0, 0.05) is 29.7 Å². The Bertz CT molecular complexity index is 931. The fourth-order valence-electron chi connectivity index (χ4n) is 2.37. The molecule has 1 aliphatic heterocycles. The standard InChI is InChI=1S/C17H15N5O3S/c1-10(16(23)19-12-2-3-13-14(8-12)25-9-24-13)26-17-20-15(21-22-17)11-4-6-18-7-5-11/h2-8,10H,9H2,1H3,(H,19,23)(H,20,21,22)/t10-/m1/s1. The maximum Gasteiger partial charge on any atom is 0.237 e. The molecular formula is C17H15N5O3S. The summed E-state index contributed by atoms with van der Waals surface area (Å²) < 4.78 is 10.6. The highest BCUT2D eigenvalue weighted by Crippen LogP contribution is 2.34. The Hall–Kier alpha value is -3.07. The number of nitrogens with one attached hydrogen (secondary N) is 2. The van der Waals surface area contributed by atoms with Crippen molar-refractivity contribution in [3.63, 3.8) is 0 Å². The second kappa shape index (κ2) is 7.04. The molecule has 0 fully saturated rings. The third-order valence-corrected chi connectivity index (χ3v) is 4.67. The minimum absolute atomic E-state index is 0.149. The van der Waals surface area contributed by atoms with Crippen LogP contribution in [-0.4, -0.2) is 38.1 Å². The molecule has 2 aromatic heterocycles. The minimum atomic E-state index is -0.374. The number of anilines is 1. The van der Waals surface area contributed by atoms with Crippen molar-refractivity contribution in [1.29, 1.82) is 0 Å². The third-order valence-electron chi connectivity index (χ3n) is 3.71. The number of H-pyrrole nitrogens is 1. The van der Waals surface area contributed by atoms with E-state index in [0.29, 0.717) is 28.2 Å². The van der Waals surface area contributed by atoms with Crippen molar-refractivity contribution in [1.82, 2.24) is 20.2 Å². The summed E-state index contributed by atoms with van der Waals surface area (Å²) in [5.41, 5.74) is 1.54. The normalized spacial score (nSPS) is 13.4. The summed E-state index contributed by atoms with van der Waals surface area (Å²) >= 11 is 1.27. The Kier molecular flexibility index (Phi) is 4.44. The number of aromatic nitrogens is 4. The lowest BCUT2D eigenvalue weighted by molar-refractivity contribution is -0.115. The van der Waals surface area contributed by atoms with Gasteiger partial charge in [0.15, 0.2) is 17.3 Å². The summed E-state index contributed by atoms with van der Waals surface area (Å²) in [6.07, 6.45) is 3.37. The van der Waals surface area contributed by atoms with Crippen LogP contribution < -0.4 is 14.8 Å². The summed E-state index contributed by atoms with van der Waals surface area (Å²) in [5.74, 6) is 1.79. The van der Waals surface area contributed by atoms with Crippen LogP contribution in [0.1, 0.15) is 6.92 Å². The zero-order valence-electron chi connectivity index (χ0n) is 13.8. The molecule has 0 bridgehead atoms. The quantitative estimate of drug-likeness (QED) is 0.667. The van der Waals surface area contributed by atoms with Crippen LogP contribution in [0.15, 0.2) is 47.9 Å². The van der Waals surface area contributed by atoms with E-state index < -0.39 is 0 Å². The van der Waals surface area contributed by atoms with Crippen LogP contribution in [0.2, 0.25) is 0 Å². The van der Waals surface area contributed by atoms with Gasteiger partial charge in [-0.2, -0.15) is 0 Å². The lowest BCUT2D eigenvalue weighted by Crippen LogP contribution is -2.22. The first kappa shape index (κ1) is 16.4. The molecule has 3 heterocycles. The average Bonchev–Trinajstić information content (AvgIpc) is 3.31. The van der Waals surface area contributed by atoms with Gasteiger partial charge in [0.25, 0.3) is 0 Å². The van der Waals surface area contributed by atoms with Crippen LogP contribution in [0.5, 0.6) is 11.5 Å². The third kappa shape index (κ3) is 3.47. The molecule has 132 valence electrons. The lowest BCUT2D eigenvalue weighted by atomic mass is 10.2. The zero-order valence-corrected chi connectivity index (χ0v) is 14.6. The number of hydrogen-bond acceptors (Lipinski definition) is 7. The molecule has 0 radical (unpaired) electrons. The molecule has 1 aliphatic rings. The van der Waals surface area contributed by atoms with E-state index in [0.717, 1.165) is 5.56 Å².